The Kier molecular flexibility index (Phi) is 3.65. The summed E-state index contributed by atoms with van der Waals surface area (Å²) in [6.45, 7) is 8.26. The largest absolute Gasteiger partial charge is 0.373 e. The van der Waals surface area contributed by atoms with Crippen molar-refractivity contribution in [3.63, 3.8) is 0 Å². The van der Waals surface area contributed by atoms with E-state index in [0.29, 0.717) is 0 Å². The van der Waals surface area contributed by atoms with Gasteiger partial charge in [-0.25, -0.2) is 9.97 Å². The maximum absolute atomic E-state index is 4.60. The zero-order valence-electron chi connectivity index (χ0n) is 12.9. The van der Waals surface area contributed by atoms with Gasteiger partial charge in [0, 0.05) is 31.8 Å². The molecule has 0 fully saturated rings. The highest BCUT2D eigenvalue weighted by molar-refractivity contribution is 5.60. The Hall–Kier alpha value is -2.11. The van der Waals surface area contributed by atoms with Crippen molar-refractivity contribution < 1.29 is 0 Å². The molecule has 6 nitrogen and oxygen atoms in total. The van der Waals surface area contributed by atoms with Crippen LogP contribution in [-0.2, 0) is 12.5 Å². The van der Waals surface area contributed by atoms with E-state index in [4.69, 9.17) is 0 Å². The van der Waals surface area contributed by atoms with Gasteiger partial charge in [0.25, 0.3) is 0 Å². The van der Waals surface area contributed by atoms with Gasteiger partial charge in [0.1, 0.15) is 17.5 Å². The lowest BCUT2D eigenvalue weighted by molar-refractivity contribution is 0.547. The van der Waals surface area contributed by atoms with Crippen LogP contribution in [0, 0.1) is 6.92 Å². The van der Waals surface area contributed by atoms with E-state index >= 15 is 0 Å². The van der Waals surface area contributed by atoms with E-state index in [0.717, 1.165) is 28.8 Å². The number of hydrogen-bond acceptors (Lipinski definition) is 5. The fraction of sp³-hybridized carbons (Fsp3) is 0.500. The lowest BCUT2D eigenvalue weighted by Gasteiger charge is -2.18. The minimum atomic E-state index is -0.104. The first-order valence-corrected chi connectivity index (χ1v) is 6.64. The van der Waals surface area contributed by atoms with E-state index < -0.39 is 0 Å². The highest BCUT2D eigenvalue weighted by Gasteiger charge is 2.19. The van der Waals surface area contributed by atoms with Crippen LogP contribution in [0.15, 0.2) is 12.3 Å². The predicted molar refractivity (Wildman–Crippen MR) is 81.5 cm³/mol. The number of nitrogens with one attached hydrogen (secondary N) is 2. The topological polar surface area (TPSA) is 67.7 Å². The van der Waals surface area contributed by atoms with E-state index in [2.05, 4.69) is 46.5 Å². The molecule has 2 N–H and O–H groups in total. The lowest BCUT2D eigenvalue weighted by atomic mass is 9.96. The molecule has 2 aromatic rings. The van der Waals surface area contributed by atoms with Gasteiger partial charge in [-0.1, -0.05) is 20.8 Å². The summed E-state index contributed by atoms with van der Waals surface area (Å²) in [4.78, 5) is 9.11. The summed E-state index contributed by atoms with van der Waals surface area (Å²) in [6, 6.07) is 1.89. The molecule has 2 heterocycles. The first kappa shape index (κ1) is 14.3. The van der Waals surface area contributed by atoms with E-state index in [9.17, 15) is 0 Å². The molecule has 0 radical (unpaired) electrons. The molecule has 0 spiro atoms. The molecule has 2 aromatic heterocycles. The summed E-state index contributed by atoms with van der Waals surface area (Å²) in [5.74, 6) is 2.37. The van der Waals surface area contributed by atoms with E-state index in [1.807, 2.05) is 33.3 Å². The fourth-order valence-corrected chi connectivity index (χ4v) is 1.84. The van der Waals surface area contributed by atoms with Crippen LogP contribution in [0.1, 0.15) is 32.3 Å². The normalized spacial score (nSPS) is 11.5. The molecule has 2 rings (SSSR count). The molecule has 0 saturated carbocycles. The molecular formula is C14H22N6. The standard InChI is InChI=1S/C14H22N6/c1-9-10(8-20(6)19-9)16-12-7-11(15-5)17-13(18-12)14(2,3)4/h7-8H,1-6H3,(H2,15,16,17,18). The zero-order valence-corrected chi connectivity index (χ0v) is 12.9. The van der Waals surface area contributed by atoms with Gasteiger partial charge in [0.05, 0.1) is 11.4 Å². The van der Waals surface area contributed by atoms with E-state index in [-0.39, 0.29) is 5.41 Å². The first-order chi connectivity index (χ1) is 9.29. The Morgan fingerprint density at radius 2 is 1.80 bits per heavy atom. The van der Waals surface area contributed by atoms with Crippen molar-refractivity contribution in [2.75, 3.05) is 17.7 Å². The third-order valence-electron chi connectivity index (χ3n) is 2.93. The molecule has 0 aliphatic rings. The van der Waals surface area contributed by atoms with Crippen molar-refractivity contribution >= 4 is 17.3 Å². The van der Waals surface area contributed by atoms with Gasteiger partial charge < -0.3 is 10.6 Å². The van der Waals surface area contributed by atoms with Gasteiger partial charge in [0.2, 0.25) is 0 Å². The fourth-order valence-electron chi connectivity index (χ4n) is 1.84. The van der Waals surface area contributed by atoms with Gasteiger partial charge in [-0.05, 0) is 6.92 Å². The molecule has 0 aliphatic heterocycles. The van der Waals surface area contributed by atoms with Gasteiger partial charge in [-0.3, -0.25) is 4.68 Å². The number of aryl methyl sites for hydroxylation is 2. The highest BCUT2D eigenvalue weighted by atomic mass is 15.3. The Morgan fingerprint density at radius 1 is 1.15 bits per heavy atom. The van der Waals surface area contributed by atoms with Crippen molar-refractivity contribution in [2.45, 2.75) is 33.1 Å². The molecule has 0 bridgehead atoms. The second-order valence-corrected chi connectivity index (χ2v) is 5.89. The average Bonchev–Trinajstić information content (AvgIpc) is 2.66. The lowest BCUT2D eigenvalue weighted by Crippen LogP contribution is -2.17. The second kappa shape index (κ2) is 5.11. The van der Waals surface area contributed by atoms with Crippen LogP contribution in [0.5, 0.6) is 0 Å². The molecule has 0 aliphatic carbocycles. The Labute approximate surface area is 119 Å². The molecule has 108 valence electrons. The maximum atomic E-state index is 4.60. The van der Waals surface area contributed by atoms with Crippen LogP contribution in [0.25, 0.3) is 0 Å². The molecule has 0 unspecified atom stereocenters. The smallest absolute Gasteiger partial charge is 0.138 e. The van der Waals surface area contributed by atoms with Crippen molar-refractivity contribution in [3.05, 3.63) is 23.8 Å². The summed E-state index contributed by atoms with van der Waals surface area (Å²) < 4.78 is 1.78. The van der Waals surface area contributed by atoms with Gasteiger partial charge in [0.15, 0.2) is 0 Å². The molecule has 20 heavy (non-hydrogen) atoms. The van der Waals surface area contributed by atoms with Crippen molar-refractivity contribution in [1.82, 2.24) is 19.7 Å². The quantitative estimate of drug-likeness (QED) is 0.900. The summed E-state index contributed by atoms with van der Waals surface area (Å²) in [5.41, 5.74) is 1.79. The highest BCUT2D eigenvalue weighted by Crippen LogP contribution is 2.24. The average molecular weight is 274 g/mol. The number of nitrogens with zero attached hydrogens (tertiary/aromatic N) is 4. The number of hydrogen-bond donors (Lipinski definition) is 2. The number of aromatic nitrogens is 4. The Bertz CT molecular complexity index is 609. The van der Waals surface area contributed by atoms with Gasteiger partial charge >= 0.3 is 0 Å². The molecule has 0 amide bonds. The molecule has 0 atom stereocenters. The molecule has 0 saturated heterocycles. The van der Waals surface area contributed by atoms with Crippen LogP contribution < -0.4 is 10.6 Å². The van der Waals surface area contributed by atoms with Crippen molar-refractivity contribution in [2.24, 2.45) is 7.05 Å². The summed E-state index contributed by atoms with van der Waals surface area (Å²) >= 11 is 0. The maximum Gasteiger partial charge on any atom is 0.138 e. The molecule has 6 heteroatoms. The van der Waals surface area contributed by atoms with Gasteiger partial charge in [-0.15, -0.1) is 0 Å². The predicted octanol–water partition coefficient (Wildman–Crippen LogP) is 2.60. The minimum Gasteiger partial charge on any atom is -0.373 e. The third-order valence-corrected chi connectivity index (χ3v) is 2.93. The summed E-state index contributed by atoms with van der Waals surface area (Å²) in [6.07, 6.45) is 1.94. The summed E-state index contributed by atoms with van der Waals surface area (Å²) in [5, 5.41) is 10.7. The minimum absolute atomic E-state index is 0.104. The number of rotatable bonds is 3. The molecular weight excluding hydrogens is 252 g/mol. The monoisotopic (exact) mass is 274 g/mol. The van der Waals surface area contributed by atoms with Crippen LogP contribution in [0.4, 0.5) is 17.3 Å². The Morgan fingerprint density at radius 3 is 2.30 bits per heavy atom. The number of anilines is 3. The first-order valence-electron chi connectivity index (χ1n) is 6.64. The van der Waals surface area contributed by atoms with E-state index in [1.165, 1.54) is 0 Å². The van der Waals surface area contributed by atoms with Crippen molar-refractivity contribution in [3.8, 4) is 0 Å². The summed E-state index contributed by atoms with van der Waals surface area (Å²) in [7, 11) is 3.76. The molecule has 0 aromatic carbocycles. The van der Waals surface area contributed by atoms with E-state index in [1.54, 1.807) is 4.68 Å². The second-order valence-electron chi connectivity index (χ2n) is 5.89. The zero-order chi connectivity index (χ0) is 14.9. The van der Waals surface area contributed by atoms with Crippen LogP contribution in [0.3, 0.4) is 0 Å². The van der Waals surface area contributed by atoms with Crippen LogP contribution >= 0.6 is 0 Å². The van der Waals surface area contributed by atoms with Gasteiger partial charge in [-0.2, -0.15) is 5.10 Å². The SMILES string of the molecule is CNc1cc(Nc2cn(C)nc2C)nc(C(C)(C)C)n1. The third kappa shape index (κ3) is 3.07. The van der Waals surface area contributed by atoms with Crippen LogP contribution in [-0.4, -0.2) is 26.8 Å². The van der Waals surface area contributed by atoms with Crippen LogP contribution in [0.2, 0.25) is 0 Å². The Balaban J connectivity index is 2.38. The van der Waals surface area contributed by atoms with Crippen molar-refractivity contribution in [1.29, 1.82) is 0 Å².